The van der Waals surface area contributed by atoms with Crippen molar-refractivity contribution >= 4 is 30.6 Å². The molecule has 0 fully saturated rings. The van der Waals surface area contributed by atoms with E-state index in [9.17, 15) is 28.8 Å². The molecule has 0 heterocycles. The molecule has 0 N–H and O–H groups in total. The zero-order chi connectivity index (χ0) is 13.1. The van der Waals surface area contributed by atoms with Gasteiger partial charge < -0.3 is 0 Å². The van der Waals surface area contributed by atoms with Crippen molar-refractivity contribution in [3.05, 3.63) is 0 Å². The van der Waals surface area contributed by atoms with Crippen LogP contribution in [0.15, 0.2) is 0 Å². The summed E-state index contributed by atoms with van der Waals surface area (Å²) in [6, 6.07) is 0. The minimum atomic E-state index is -6.42. The van der Waals surface area contributed by atoms with E-state index in [-0.39, 0.29) is 25.9 Å². The molecule has 0 saturated carbocycles. The SMILES string of the molecule is CC(C)[C](=O)[Mn]([CH]=O)([CH]=O)([CH]=O)([CH]=O)[CH]=O. The number of hydrogen-bond acceptors (Lipinski definition) is 6. The van der Waals surface area contributed by atoms with Gasteiger partial charge in [-0.2, -0.15) is 0 Å². The van der Waals surface area contributed by atoms with Gasteiger partial charge in [-0.25, -0.2) is 0 Å². The van der Waals surface area contributed by atoms with Crippen LogP contribution in [0.3, 0.4) is 0 Å². The summed E-state index contributed by atoms with van der Waals surface area (Å²) in [5.74, 6) is -0.957. The topological polar surface area (TPSA) is 102 Å². The zero-order valence-electron chi connectivity index (χ0n) is 8.79. The van der Waals surface area contributed by atoms with Gasteiger partial charge in [-0.1, -0.05) is 0 Å². The van der Waals surface area contributed by atoms with Crippen LogP contribution in [0.4, 0.5) is 0 Å². The average molecular weight is 271 g/mol. The molecule has 0 saturated heterocycles. The van der Waals surface area contributed by atoms with Gasteiger partial charge in [0.05, 0.1) is 0 Å². The molecule has 0 aliphatic carbocycles. The van der Waals surface area contributed by atoms with Crippen molar-refractivity contribution in [2.45, 2.75) is 13.8 Å². The summed E-state index contributed by atoms with van der Waals surface area (Å²) in [6.45, 7) is 2.59. The maximum atomic E-state index is 11.9. The van der Waals surface area contributed by atoms with E-state index in [0.29, 0.717) is 0 Å². The molecular formula is C9H12MnO6. The predicted molar refractivity (Wildman–Crippen MR) is 53.6 cm³/mol. The van der Waals surface area contributed by atoms with Gasteiger partial charge in [0.2, 0.25) is 0 Å². The molecule has 0 aromatic heterocycles. The fraction of sp³-hybridized carbons (Fsp3) is 0.333. The molecule has 0 atom stereocenters. The van der Waals surface area contributed by atoms with Crippen LogP contribution in [0.5, 0.6) is 0 Å². The van der Waals surface area contributed by atoms with Gasteiger partial charge in [0.25, 0.3) is 0 Å². The molecule has 6 nitrogen and oxygen atoms in total. The van der Waals surface area contributed by atoms with Gasteiger partial charge in [-0.15, -0.1) is 0 Å². The van der Waals surface area contributed by atoms with Crippen LogP contribution in [-0.2, 0) is 39.5 Å². The van der Waals surface area contributed by atoms with Crippen LogP contribution >= 0.6 is 0 Å². The maximum absolute atomic E-state index is 11.9. The Balaban J connectivity index is 6.75. The van der Waals surface area contributed by atoms with Crippen LogP contribution in [0, 0.1) is 5.92 Å². The first-order valence-corrected chi connectivity index (χ1v) is 8.10. The minimum absolute atomic E-state index is 0.348. The molecule has 91 valence electrons. The Hall–Kier alpha value is -1.46. The number of carbonyl (C=O) groups excluding carboxylic acids is 6. The van der Waals surface area contributed by atoms with Crippen molar-refractivity contribution in [3.8, 4) is 0 Å². The molecule has 0 aliphatic rings. The van der Waals surface area contributed by atoms with Crippen LogP contribution < -0.4 is 0 Å². The van der Waals surface area contributed by atoms with E-state index in [1.807, 2.05) is 0 Å². The third-order valence-corrected chi connectivity index (χ3v) is 8.51. The van der Waals surface area contributed by atoms with Crippen LogP contribution in [0.2, 0.25) is 0 Å². The molecule has 0 radical (unpaired) electrons. The van der Waals surface area contributed by atoms with Crippen LogP contribution in [0.1, 0.15) is 13.8 Å². The summed E-state index contributed by atoms with van der Waals surface area (Å²) in [6.07, 6.45) is 0. The van der Waals surface area contributed by atoms with Gasteiger partial charge in [0.1, 0.15) is 0 Å². The molecule has 0 rings (SSSR count). The monoisotopic (exact) mass is 271 g/mol. The molecule has 0 aromatic rings. The molecule has 0 amide bonds. The second kappa shape index (κ2) is 3.54. The first-order chi connectivity index (χ1) is 7.28. The average Bonchev–Trinajstić information content (AvgIpc) is 2.35. The molecule has 7 heteroatoms. The Labute approximate surface area is 90.3 Å². The second-order valence-electron chi connectivity index (χ2n) is 3.71. The number of carbonyl (C=O) groups is 6. The summed E-state index contributed by atoms with van der Waals surface area (Å²) in [5.41, 5.74) is 0. The molecule has 16 heavy (non-hydrogen) atoms. The zero-order valence-corrected chi connectivity index (χ0v) is 9.97. The third kappa shape index (κ3) is 1.18. The quantitative estimate of drug-likeness (QED) is 0.450. The summed E-state index contributed by atoms with van der Waals surface area (Å²) >= 11 is 0. The summed E-state index contributed by atoms with van der Waals surface area (Å²) in [5, 5.41) is -1.74. The van der Waals surface area contributed by atoms with Crippen molar-refractivity contribution in [2.75, 3.05) is 0 Å². The summed E-state index contributed by atoms with van der Waals surface area (Å²) < 4.78 is -1.21. The van der Waals surface area contributed by atoms with Crippen molar-refractivity contribution in [3.63, 3.8) is 0 Å². The number of rotatable bonds is 7. The van der Waals surface area contributed by atoms with Crippen molar-refractivity contribution < 1.29 is 39.5 Å². The third-order valence-electron chi connectivity index (χ3n) is 2.24. The van der Waals surface area contributed by atoms with Crippen LogP contribution in [-0.4, -0.2) is 30.6 Å². The van der Waals surface area contributed by atoms with E-state index in [0.717, 1.165) is 0 Å². The van der Waals surface area contributed by atoms with Crippen molar-refractivity contribution in [2.24, 2.45) is 5.92 Å². The van der Waals surface area contributed by atoms with Crippen LogP contribution in [0.25, 0.3) is 0 Å². The molecule has 0 spiro atoms. The molecular weight excluding hydrogens is 259 g/mol. The van der Waals surface area contributed by atoms with Crippen molar-refractivity contribution in [1.82, 2.24) is 0 Å². The summed E-state index contributed by atoms with van der Waals surface area (Å²) in [4.78, 5) is 67.2. The standard InChI is InChI=1S/C4H7O.5CHO.Mn/c1-4(2)3-5;5*1-2;/h4H,1-2H3;5*1H;. The Kier molecular flexibility index (Phi) is 3.21. The van der Waals surface area contributed by atoms with Gasteiger partial charge in [0.15, 0.2) is 0 Å². The van der Waals surface area contributed by atoms with E-state index in [2.05, 4.69) is 0 Å². The van der Waals surface area contributed by atoms with Gasteiger partial charge >= 0.3 is 89.9 Å². The van der Waals surface area contributed by atoms with Gasteiger partial charge in [-0.3, -0.25) is 0 Å². The first-order valence-electron chi connectivity index (χ1n) is 4.11. The van der Waals surface area contributed by atoms with Crippen molar-refractivity contribution in [1.29, 1.82) is 0 Å². The number of hydrogen-bond donors (Lipinski definition) is 0. The fourth-order valence-electron chi connectivity index (χ4n) is 1.06. The van der Waals surface area contributed by atoms with E-state index in [4.69, 9.17) is 0 Å². The molecule has 0 unspecified atom stereocenters. The van der Waals surface area contributed by atoms with E-state index in [1.165, 1.54) is 13.8 Å². The molecule has 0 aromatic carbocycles. The van der Waals surface area contributed by atoms with E-state index < -0.39 is 21.3 Å². The Morgan fingerprint density at radius 2 is 1.06 bits per heavy atom. The second-order valence-corrected chi connectivity index (χ2v) is 11.3. The summed E-state index contributed by atoms with van der Waals surface area (Å²) in [7, 11) is -6.42. The Morgan fingerprint density at radius 3 is 1.12 bits per heavy atom. The Bertz CT molecular complexity index is 337. The van der Waals surface area contributed by atoms with E-state index >= 15 is 0 Å². The van der Waals surface area contributed by atoms with E-state index in [1.54, 1.807) is 0 Å². The molecule has 0 bridgehead atoms. The predicted octanol–water partition coefficient (Wildman–Crippen LogP) is -0.655. The van der Waals surface area contributed by atoms with Gasteiger partial charge in [0, 0.05) is 0 Å². The normalized spacial score (nSPS) is 15.4. The fourth-order valence-corrected chi connectivity index (χ4v) is 4.37. The molecule has 0 aliphatic heterocycles. The Morgan fingerprint density at radius 1 is 0.812 bits per heavy atom. The van der Waals surface area contributed by atoms with Gasteiger partial charge in [-0.05, 0) is 0 Å². The first kappa shape index (κ1) is 14.5.